The molecule has 2 heteroatoms. The summed E-state index contributed by atoms with van der Waals surface area (Å²) < 4.78 is 2.39. The summed E-state index contributed by atoms with van der Waals surface area (Å²) in [4.78, 5) is 2.50. The molecule has 0 N–H and O–H groups in total. The monoisotopic (exact) mass is 995 g/mol. The molecule has 0 amide bonds. The average molecular weight is 995 g/mol. The van der Waals surface area contributed by atoms with Gasteiger partial charge in [0.1, 0.15) is 0 Å². The van der Waals surface area contributed by atoms with Crippen LogP contribution in [0.15, 0.2) is 224 Å². The maximum absolute atomic E-state index is 2.50. The number of para-hydroxylation sites is 3. The normalized spacial score (nSPS) is 13.8. The van der Waals surface area contributed by atoms with Crippen molar-refractivity contribution in [1.29, 1.82) is 0 Å². The number of benzene rings is 10. The molecule has 0 spiro atoms. The Morgan fingerprint density at radius 1 is 0.429 bits per heavy atom. The number of nitrogens with zero attached hydrogens (tertiary/aromatic N) is 2. The second kappa shape index (κ2) is 18.4. The van der Waals surface area contributed by atoms with E-state index in [-0.39, 0.29) is 16.2 Å². The van der Waals surface area contributed by atoms with E-state index in [9.17, 15) is 0 Å². The molecule has 0 fully saturated rings. The summed E-state index contributed by atoms with van der Waals surface area (Å²) in [6.45, 7) is 18.8. The summed E-state index contributed by atoms with van der Waals surface area (Å²) in [5.41, 5.74) is 25.2. The molecule has 0 saturated heterocycles. The lowest BCUT2D eigenvalue weighted by Crippen LogP contribution is -2.32. The topological polar surface area (TPSA) is 8.17 Å². The minimum atomic E-state index is -0.0708. The van der Waals surface area contributed by atoms with Gasteiger partial charge in [0, 0.05) is 38.8 Å². The Balaban J connectivity index is 0.979. The Kier molecular flexibility index (Phi) is 11.5. The second-order valence-corrected chi connectivity index (χ2v) is 24.1. The van der Waals surface area contributed by atoms with Crippen LogP contribution in [0.4, 0.5) is 17.1 Å². The van der Waals surface area contributed by atoms with Gasteiger partial charge in [-0.25, -0.2) is 0 Å². The van der Waals surface area contributed by atoms with Crippen molar-refractivity contribution in [3.8, 4) is 50.2 Å². The van der Waals surface area contributed by atoms with Crippen LogP contribution >= 0.6 is 0 Å². The highest BCUT2D eigenvalue weighted by atomic mass is 15.1. The van der Waals surface area contributed by atoms with Crippen LogP contribution in [0.2, 0.25) is 0 Å². The molecule has 1 aromatic heterocycles. The van der Waals surface area contributed by atoms with Gasteiger partial charge in [-0.1, -0.05) is 225 Å². The van der Waals surface area contributed by atoms with Crippen molar-refractivity contribution in [2.24, 2.45) is 0 Å². The Labute approximate surface area is 455 Å². The van der Waals surface area contributed by atoms with Crippen LogP contribution in [-0.2, 0) is 16.2 Å². The quantitative estimate of drug-likeness (QED) is 0.147. The van der Waals surface area contributed by atoms with Crippen LogP contribution in [0.3, 0.4) is 0 Å². The van der Waals surface area contributed by atoms with E-state index >= 15 is 0 Å². The molecule has 2 aliphatic rings. The first-order valence-electron chi connectivity index (χ1n) is 27.6. The molecular weight excluding hydrogens is 929 g/mol. The van der Waals surface area contributed by atoms with Crippen molar-refractivity contribution in [3.63, 3.8) is 0 Å². The molecule has 0 saturated carbocycles. The highest BCUT2D eigenvalue weighted by molar-refractivity contribution is 6.10. The zero-order valence-corrected chi connectivity index (χ0v) is 45.7. The van der Waals surface area contributed by atoms with Crippen molar-refractivity contribution in [3.05, 3.63) is 263 Å². The summed E-state index contributed by atoms with van der Waals surface area (Å²) in [7, 11) is 0. The van der Waals surface area contributed by atoms with Crippen LogP contribution in [0, 0.1) is 0 Å². The molecule has 0 bridgehead atoms. The largest absolute Gasteiger partial charge is 0.310 e. The van der Waals surface area contributed by atoms with Crippen LogP contribution < -0.4 is 15.3 Å². The third-order valence-electron chi connectivity index (χ3n) is 16.8. The van der Waals surface area contributed by atoms with E-state index in [0.717, 1.165) is 29.9 Å². The lowest BCUT2D eigenvalue weighted by Gasteiger charge is -2.30. The van der Waals surface area contributed by atoms with Crippen LogP contribution in [0.1, 0.15) is 96.0 Å². The van der Waals surface area contributed by atoms with Gasteiger partial charge in [-0.05, 0) is 167 Å². The molecule has 2 aliphatic carbocycles. The van der Waals surface area contributed by atoms with Gasteiger partial charge in [-0.3, -0.25) is 0 Å². The fourth-order valence-corrected chi connectivity index (χ4v) is 12.7. The number of rotatable bonds is 8. The average Bonchev–Trinajstić information content (AvgIpc) is 4.12. The van der Waals surface area contributed by atoms with Gasteiger partial charge < -0.3 is 9.47 Å². The van der Waals surface area contributed by atoms with E-state index in [4.69, 9.17) is 0 Å². The Bertz CT molecular complexity index is 4200. The number of anilines is 3. The van der Waals surface area contributed by atoms with Gasteiger partial charge in [0.15, 0.2) is 0 Å². The summed E-state index contributed by atoms with van der Waals surface area (Å²) in [5, 5.41) is 5.15. The van der Waals surface area contributed by atoms with Gasteiger partial charge in [0.05, 0.1) is 16.7 Å². The number of fused-ring (bicyclic) bond motifs is 7. The second-order valence-electron chi connectivity index (χ2n) is 24.1. The highest BCUT2D eigenvalue weighted by Crippen LogP contribution is 2.52. The first kappa shape index (κ1) is 48.2. The fraction of sp³-hybridized carbons (Fsp3) is 0.173. The van der Waals surface area contributed by atoms with Gasteiger partial charge in [-0.2, -0.15) is 0 Å². The van der Waals surface area contributed by atoms with Crippen molar-refractivity contribution >= 4 is 50.5 Å². The highest BCUT2D eigenvalue weighted by Gasteiger charge is 2.36. The Hall–Kier alpha value is -8.46. The first-order chi connectivity index (χ1) is 37.2. The summed E-state index contributed by atoms with van der Waals surface area (Å²) in [6, 6.07) is 84.4. The third kappa shape index (κ3) is 8.25. The minimum Gasteiger partial charge on any atom is -0.310 e. The van der Waals surface area contributed by atoms with Gasteiger partial charge in [-0.15, -0.1) is 0 Å². The van der Waals surface area contributed by atoms with E-state index in [2.05, 4.69) is 295 Å². The summed E-state index contributed by atoms with van der Waals surface area (Å²) in [5.74, 6) is 0. The van der Waals surface area contributed by atoms with E-state index in [0.29, 0.717) is 0 Å². The molecule has 77 heavy (non-hydrogen) atoms. The third-order valence-corrected chi connectivity index (χ3v) is 16.8. The minimum absolute atomic E-state index is 0.00110. The Morgan fingerprint density at radius 2 is 1.00 bits per heavy atom. The molecule has 1 heterocycles. The van der Waals surface area contributed by atoms with E-state index in [1.165, 1.54) is 116 Å². The standard InChI is InChI=1S/C75H66N2/c1-73(2,3)54-45-53(46-55(48-54)74(4,5)6)60-28-18-21-51-22-19-30-63(71(51)60)61-25-13-16-33-68(61)76(58-42-37-50(38-43-58)59-29-20-32-67-72(59)64-27-12-15-31-66(64)75(67,7)8)57-40-35-49(36-41-57)52-39-44-70-65(47-52)62-26-14-17-34-69(62)77(70)56-23-10-9-11-24-56/h9-18,20-29,31-48H,19,30H2,1-8H3. The van der Waals surface area contributed by atoms with Crippen molar-refractivity contribution < 1.29 is 0 Å². The molecule has 10 aromatic carbocycles. The molecule has 376 valence electrons. The zero-order chi connectivity index (χ0) is 52.8. The summed E-state index contributed by atoms with van der Waals surface area (Å²) >= 11 is 0. The Morgan fingerprint density at radius 3 is 1.73 bits per heavy atom. The number of hydrogen-bond acceptors (Lipinski definition) is 1. The molecule has 13 rings (SSSR count). The molecular formula is C75H66N2. The molecule has 0 atom stereocenters. The maximum atomic E-state index is 2.50. The van der Waals surface area contributed by atoms with E-state index < -0.39 is 0 Å². The van der Waals surface area contributed by atoms with Gasteiger partial charge >= 0.3 is 0 Å². The lowest BCUT2D eigenvalue weighted by molar-refractivity contribution is 0.569. The number of hydrogen-bond donors (Lipinski definition) is 0. The van der Waals surface area contributed by atoms with Gasteiger partial charge in [0.2, 0.25) is 0 Å². The van der Waals surface area contributed by atoms with Crippen molar-refractivity contribution in [1.82, 2.24) is 4.57 Å². The summed E-state index contributed by atoms with van der Waals surface area (Å²) in [6.07, 6.45) is 4.38. The molecule has 2 nitrogen and oxygen atoms in total. The van der Waals surface area contributed by atoms with Crippen molar-refractivity contribution in [2.45, 2.75) is 84.5 Å². The van der Waals surface area contributed by atoms with E-state index in [1.807, 2.05) is 0 Å². The molecule has 11 aromatic rings. The predicted molar refractivity (Wildman–Crippen MR) is 329 cm³/mol. The SMILES string of the molecule is CC(C)(C)c1cc(-c2cccc3c2=C(c2ccccc2N(c2ccc(-c4ccc5c(c4)c4ccccc4n5-c4ccccc4)cc2)c2ccc(-c4cccc5c4-c4ccccc4C5(C)C)cc2)CCC=3)cc(C(C)(C)C)c1. The zero-order valence-electron chi connectivity index (χ0n) is 45.7. The lowest BCUT2D eigenvalue weighted by atomic mass is 9.78. The predicted octanol–water partition coefficient (Wildman–Crippen LogP) is 18.9. The van der Waals surface area contributed by atoms with Crippen LogP contribution in [0.5, 0.6) is 0 Å². The first-order valence-corrected chi connectivity index (χ1v) is 27.6. The van der Waals surface area contributed by atoms with Crippen molar-refractivity contribution in [2.75, 3.05) is 4.90 Å². The van der Waals surface area contributed by atoms with Gasteiger partial charge in [0.25, 0.3) is 0 Å². The van der Waals surface area contributed by atoms with Crippen LogP contribution in [-0.4, -0.2) is 4.57 Å². The fourth-order valence-electron chi connectivity index (χ4n) is 12.7. The molecule has 0 aliphatic heterocycles. The molecule has 0 radical (unpaired) electrons. The van der Waals surface area contributed by atoms with Crippen LogP contribution in [0.25, 0.3) is 83.6 Å². The maximum Gasteiger partial charge on any atom is 0.0541 e. The number of aromatic nitrogens is 1. The van der Waals surface area contributed by atoms with E-state index in [1.54, 1.807) is 0 Å². The molecule has 0 unspecified atom stereocenters. The smallest absolute Gasteiger partial charge is 0.0541 e.